The minimum absolute atomic E-state index is 0.235. The standard InChI is InChI=1S/C12H14F3N3O/c13-12(14,15)8-5-10-11(17-6-8)18-3-2-16-7-9(18)1-4-19-10/h5-6,9,16H,1-4,7H2/t9-/m1/s1. The van der Waals surface area contributed by atoms with E-state index in [9.17, 15) is 13.2 Å². The number of anilines is 1. The minimum Gasteiger partial charge on any atom is -0.490 e. The van der Waals surface area contributed by atoms with Crippen molar-refractivity contribution >= 4 is 5.82 Å². The predicted octanol–water partition coefficient (Wildman–Crippen LogP) is 1.66. The molecular weight excluding hydrogens is 259 g/mol. The van der Waals surface area contributed by atoms with E-state index in [-0.39, 0.29) is 11.8 Å². The molecule has 3 rings (SSSR count). The van der Waals surface area contributed by atoms with E-state index >= 15 is 0 Å². The number of hydrogen-bond donors (Lipinski definition) is 1. The van der Waals surface area contributed by atoms with Gasteiger partial charge in [0.05, 0.1) is 12.2 Å². The van der Waals surface area contributed by atoms with Crippen LogP contribution in [0.2, 0.25) is 0 Å². The number of nitrogens with one attached hydrogen (secondary N) is 1. The molecule has 1 aromatic rings. The number of piperazine rings is 1. The highest BCUT2D eigenvalue weighted by molar-refractivity contribution is 5.55. The second kappa shape index (κ2) is 4.56. The Kier molecular flexibility index (Phi) is 3.00. The lowest BCUT2D eigenvalue weighted by Crippen LogP contribution is -2.51. The van der Waals surface area contributed by atoms with E-state index in [4.69, 9.17) is 4.74 Å². The van der Waals surface area contributed by atoms with Gasteiger partial charge in [0.1, 0.15) is 0 Å². The highest BCUT2D eigenvalue weighted by Crippen LogP contribution is 2.37. The average Bonchev–Trinajstić information content (AvgIpc) is 2.56. The van der Waals surface area contributed by atoms with E-state index in [1.165, 1.54) is 0 Å². The van der Waals surface area contributed by atoms with Crippen LogP contribution in [0.15, 0.2) is 12.3 Å². The summed E-state index contributed by atoms with van der Waals surface area (Å²) in [5.41, 5.74) is -0.764. The highest BCUT2D eigenvalue weighted by atomic mass is 19.4. The van der Waals surface area contributed by atoms with Crippen LogP contribution in [-0.2, 0) is 6.18 Å². The lowest BCUT2D eigenvalue weighted by atomic mass is 10.1. The number of alkyl halides is 3. The molecule has 0 spiro atoms. The van der Waals surface area contributed by atoms with Gasteiger partial charge in [0.15, 0.2) is 11.6 Å². The molecule has 0 saturated carbocycles. The summed E-state index contributed by atoms with van der Waals surface area (Å²) in [6.45, 7) is 2.77. The molecule has 0 unspecified atom stereocenters. The van der Waals surface area contributed by atoms with Crippen LogP contribution in [0.4, 0.5) is 19.0 Å². The zero-order valence-corrected chi connectivity index (χ0v) is 10.2. The first kappa shape index (κ1) is 12.5. The van der Waals surface area contributed by atoms with E-state index < -0.39 is 11.7 Å². The molecule has 1 aromatic heterocycles. The monoisotopic (exact) mass is 273 g/mol. The molecule has 1 saturated heterocycles. The van der Waals surface area contributed by atoms with Gasteiger partial charge in [-0.1, -0.05) is 0 Å². The normalized spacial score (nSPS) is 23.1. The van der Waals surface area contributed by atoms with Crippen LogP contribution in [0, 0.1) is 0 Å². The molecule has 7 heteroatoms. The summed E-state index contributed by atoms with van der Waals surface area (Å²) in [6, 6.07) is 1.28. The fourth-order valence-corrected chi connectivity index (χ4v) is 2.52. The van der Waals surface area contributed by atoms with Crippen molar-refractivity contribution in [3.63, 3.8) is 0 Å². The Morgan fingerprint density at radius 1 is 1.42 bits per heavy atom. The van der Waals surface area contributed by atoms with Crippen LogP contribution in [0.1, 0.15) is 12.0 Å². The number of halogens is 3. The number of aromatic nitrogens is 1. The SMILES string of the molecule is FC(F)(F)c1cnc2c(c1)OCC[C@@H]1CNCCN21. The topological polar surface area (TPSA) is 37.4 Å². The van der Waals surface area contributed by atoms with Gasteiger partial charge in [0.25, 0.3) is 0 Å². The van der Waals surface area contributed by atoms with Crippen LogP contribution in [0.3, 0.4) is 0 Å². The van der Waals surface area contributed by atoms with Crippen molar-refractivity contribution in [2.75, 3.05) is 31.1 Å². The maximum atomic E-state index is 12.7. The second-order valence-corrected chi connectivity index (χ2v) is 4.73. The molecule has 0 aromatic carbocycles. The van der Waals surface area contributed by atoms with Crippen LogP contribution in [-0.4, -0.2) is 37.3 Å². The van der Waals surface area contributed by atoms with E-state index in [1.54, 1.807) is 0 Å². The fourth-order valence-electron chi connectivity index (χ4n) is 2.52. The maximum Gasteiger partial charge on any atom is 0.418 e. The van der Waals surface area contributed by atoms with Gasteiger partial charge in [-0.3, -0.25) is 0 Å². The van der Waals surface area contributed by atoms with Crippen molar-refractivity contribution in [1.29, 1.82) is 0 Å². The lowest BCUT2D eigenvalue weighted by molar-refractivity contribution is -0.137. The van der Waals surface area contributed by atoms with Crippen molar-refractivity contribution in [3.8, 4) is 5.75 Å². The van der Waals surface area contributed by atoms with Gasteiger partial charge in [-0.2, -0.15) is 13.2 Å². The maximum absolute atomic E-state index is 12.7. The summed E-state index contributed by atoms with van der Waals surface area (Å²) in [4.78, 5) is 6.02. The Morgan fingerprint density at radius 3 is 3.05 bits per heavy atom. The number of hydrogen-bond acceptors (Lipinski definition) is 4. The zero-order chi connectivity index (χ0) is 13.5. The molecule has 104 valence electrons. The fraction of sp³-hybridized carbons (Fsp3) is 0.583. The quantitative estimate of drug-likeness (QED) is 0.780. The van der Waals surface area contributed by atoms with Crippen molar-refractivity contribution in [2.24, 2.45) is 0 Å². The van der Waals surface area contributed by atoms with Gasteiger partial charge in [0.2, 0.25) is 0 Å². The molecule has 19 heavy (non-hydrogen) atoms. The van der Waals surface area contributed by atoms with Crippen LogP contribution < -0.4 is 15.0 Å². The number of pyridine rings is 1. The molecule has 4 nitrogen and oxygen atoms in total. The summed E-state index contributed by atoms with van der Waals surface area (Å²) in [5, 5.41) is 3.27. The van der Waals surface area contributed by atoms with Gasteiger partial charge in [-0.25, -0.2) is 4.98 Å². The van der Waals surface area contributed by atoms with Crippen LogP contribution in [0.25, 0.3) is 0 Å². The van der Waals surface area contributed by atoms with Crippen molar-refractivity contribution in [1.82, 2.24) is 10.3 Å². The van der Waals surface area contributed by atoms with E-state index in [0.29, 0.717) is 12.4 Å². The van der Waals surface area contributed by atoms with Crippen molar-refractivity contribution in [3.05, 3.63) is 17.8 Å². The first-order valence-electron chi connectivity index (χ1n) is 6.23. The average molecular weight is 273 g/mol. The predicted molar refractivity (Wildman–Crippen MR) is 63.4 cm³/mol. The largest absolute Gasteiger partial charge is 0.490 e. The smallest absolute Gasteiger partial charge is 0.418 e. The van der Waals surface area contributed by atoms with Gasteiger partial charge < -0.3 is 15.0 Å². The number of fused-ring (bicyclic) bond motifs is 3. The molecule has 0 radical (unpaired) electrons. The molecule has 1 fully saturated rings. The summed E-state index contributed by atoms with van der Waals surface area (Å²) >= 11 is 0. The highest BCUT2D eigenvalue weighted by Gasteiger charge is 2.34. The third-order valence-electron chi connectivity index (χ3n) is 3.49. The van der Waals surface area contributed by atoms with Crippen LogP contribution in [0.5, 0.6) is 5.75 Å². The first-order valence-corrected chi connectivity index (χ1v) is 6.23. The van der Waals surface area contributed by atoms with Crippen molar-refractivity contribution in [2.45, 2.75) is 18.6 Å². The number of rotatable bonds is 0. The third kappa shape index (κ3) is 2.34. The Labute approximate surface area is 108 Å². The Bertz CT molecular complexity index is 478. The zero-order valence-electron chi connectivity index (χ0n) is 10.2. The summed E-state index contributed by atoms with van der Waals surface area (Å²) < 4.78 is 43.5. The Hall–Kier alpha value is -1.50. The molecule has 2 aliphatic heterocycles. The van der Waals surface area contributed by atoms with E-state index in [1.807, 2.05) is 4.90 Å². The number of ether oxygens (including phenoxy) is 1. The molecule has 1 atom stereocenters. The number of nitrogens with zero attached hydrogens (tertiary/aromatic N) is 2. The molecule has 0 bridgehead atoms. The summed E-state index contributed by atoms with van der Waals surface area (Å²) in [6.07, 6.45) is -2.72. The van der Waals surface area contributed by atoms with E-state index in [0.717, 1.165) is 38.3 Å². The molecule has 2 aliphatic rings. The van der Waals surface area contributed by atoms with Gasteiger partial charge in [0, 0.05) is 38.3 Å². The lowest BCUT2D eigenvalue weighted by Gasteiger charge is -2.35. The molecule has 3 heterocycles. The van der Waals surface area contributed by atoms with Crippen molar-refractivity contribution < 1.29 is 17.9 Å². The summed E-state index contributed by atoms with van der Waals surface area (Å²) in [7, 11) is 0. The first-order chi connectivity index (χ1) is 9.05. The molecule has 0 amide bonds. The van der Waals surface area contributed by atoms with Gasteiger partial charge in [-0.05, 0) is 6.07 Å². The van der Waals surface area contributed by atoms with Gasteiger partial charge in [-0.15, -0.1) is 0 Å². The van der Waals surface area contributed by atoms with E-state index in [2.05, 4.69) is 10.3 Å². The Balaban J connectivity index is 1.99. The summed E-state index contributed by atoms with van der Waals surface area (Å²) in [5.74, 6) is 0.760. The Morgan fingerprint density at radius 2 is 2.26 bits per heavy atom. The van der Waals surface area contributed by atoms with Gasteiger partial charge >= 0.3 is 6.18 Å². The third-order valence-corrected chi connectivity index (χ3v) is 3.49. The second-order valence-electron chi connectivity index (χ2n) is 4.73. The molecular formula is C12H14F3N3O. The molecule has 0 aliphatic carbocycles. The minimum atomic E-state index is -4.39. The van der Waals surface area contributed by atoms with Crippen LogP contribution >= 0.6 is 0 Å². The molecule has 1 N–H and O–H groups in total.